The van der Waals surface area contributed by atoms with Crippen LogP contribution in [0.15, 0.2) is 16.6 Å². The highest BCUT2D eigenvalue weighted by Crippen LogP contribution is 2.36. The minimum atomic E-state index is -2.62. The molecule has 0 radical (unpaired) electrons. The van der Waals surface area contributed by atoms with Gasteiger partial charge in [-0.25, -0.2) is 8.78 Å². The number of aromatic hydroxyl groups is 1. The minimum Gasteiger partial charge on any atom is -0.504 e. The zero-order valence-electron chi connectivity index (χ0n) is 6.72. The summed E-state index contributed by atoms with van der Waals surface area (Å²) in [6.07, 6.45) is -2.62. The monoisotopic (exact) mass is 252 g/mol. The maximum Gasteiger partial charge on any atom is 0.265 e. The lowest BCUT2D eigenvalue weighted by Gasteiger charge is -2.07. The summed E-state index contributed by atoms with van der Waals surface area (Å²) in [7, 11) is 1.35. The molecule has 5 heteroatoms. The molecule has 13 heavy (non-hydrogen) atoms. The predicted octanol–water partition coefficient (Wildman–Crippen LogP) is 3.10. The van der Waals surface area contributed by atoms with E-state index in [0.29, 0.717) is 0 Å². The van der Waals surface area contributed by atoms with Crippen LogP contribution in [0.5, 0.6) is 11.5 Å². The fourth-order valence-electron chi connectivity index (χ4n) is 0.890. The molecule has 0 saturated heterocycles. The van der Waals surface area contributed by atoms with Crippen LogP contribution in [0.1, 0.15) is 12.0 Å². The van der Waals surface area contributed by atoms with Gasteiger partial charge in [0.2, 0.25) is 0 Å². The van der Waals surface area contributed by atoms with Crippen LogP contribution in [0.3, 0.4) is 0 Å². The Morgan fingerprint density at radius 1 is 1.46 bits per heavy atom. The van der Waals surface area contributed by atoms with Crippen LogP contribution in [-0.2, 0) is 0 Å². The fraction of sp³-hybridized carbons (Fsp3) is 0.250. The normalized spacial score (nSPS) is 10.5. The van der Waals surface area contributed by atoms with Gasteiger partial charge in [0.25, 0.3) is 6.43 Å². The molecule has 0 saturated carbocycles. The lowest BCUT2D eigenvalue weighted by atomic mass is 10.2. The summed E-state index contributed by atoms with van der Waals surface area (Å²) in [5, 5.41) is 9.19. The van der Waals surface area contributed by atoms with E-state index in [1.54, 1.807) is 0 Å². The van der Waals surface area contributed by atoms with Gasteiger partial charge in [-0.05, 0) is 12.1 Å². The lowest BCUT2D eigenvalue weighted by molar-refractivity contribution is 0.150. The van der Waals surface area contributed by atoms with Crippen LogP contribution < -0.4 is 4.74 Å². The highest BCUT2D eigenvalue weighted by atomic mass is 79.9. The fourth-order valence-corrected chi connectivity index (χ4v) is 1.39. The number of hydrogen-bond donors (Lipinski definition) is 1. The molecule has 0 heterocycles. The second-order valence-corrected chi connectivity index (χ2v) is 3.20. The van der Waals surface area contributed by atoms with E-state index in [0.717, 1.165) is 6.07 Å². The molecule has 2 nitrogen and oxygen atoms in total. The Hall–Kier alpha value is -0.840. The third-order valence-electron chi connectivity index (χ3n) is 1.53. The predicted molar refractivity (Wildman–Crippen MR) is 47.3 cm³/mol. The molecule has 0 spiro atoms. The number of rotatable bonds is 2. The molecule has 0 aromatic heterocycles. The lowest BCUT2D eigenvalue weighted by Crippen LogP contribution is -1.89. The quantitative estimate of drug-likeness (QED) is 0.877. The number of alkyl halides is 2. The smallest absolute Gasteiger partial charge is 0.265 e. The van der Waals surface area contributed by atoms with Crippen molar-refractivity contribution in [3.05, 3.63) is 22.2 Å². The summed E-state index contributed by atoms with van der Waals surface area (Å²) in [6.45, 7) is 0. The topological polar surface area (TPSA) is 29.5 Å². The van der Waals surface area contributed by atoms with Crippen molar-refractivity contribution in [1.82, 2.24) is 0 Å². The van der Waals surface area contributed by atoms with Crippen molar-refractivity contribution in [2.24, 2.45) is 0 Å². The maximum absolute atomic E-state index is 12.3. The number of methoxy groups -OCH3 is 1. The van der Waals surface area contributed by atoms with Crippen molar-refractivity contribution < 1.29 is 18.6 Å². The molecular formula is C8H7BrF2O2. The van der Waals surface area contributed by atoms with Gasteiger partial charge in [-0.3, -0.25) is 0 Å². The number of benzene rings is 1. The second kappa shape index (κ2) is 3.91. The molecule has 0 bridgehead atoms. The molecule has 0 unspecified atom stereocenters. The molecule has 72 valence electrons. The third-order valence-corrected chi connectivity index (χ3v) is 2.22. The summed E-state index contributed by atoms with van der Waals surface area (Å²) in [5.74, 6) is -0.128. The van der Waals surface area contributed by atoms with Crippen LogP contribution in [0.25, 0.3) is 0 Å². The number of hydrogen-bond acceptors (Lipinski definition) is 2. The van der Waals surface area contributed by atoms with Crippen molar-refractivity contribution in [2.45, 2.75) is 6.43 Å². The maximum atomic E-state index is 12.3. The van der Waals surface area contributed by atoms with E-state index in [9.17, 15) is 13.9 Å². The number of ether oxygens (including phenoxy) is 1. The van der Waals surface area contributed by atoms with E-state index >= 15 is 0 Å². The largest absolute Gasteiger partial charge is 0.504 e. The molecule has 1 rings (SSSR count). The summed E-state index contributed by atoms with van der Waals surface area (Å²) >= 11 is 2.95. The Bertz CT molecular complexity index is 315. The number of halogens is 3. The summed E-state index contributed by atoms with van der Waals surface area (Å²) in [6, 6.07) is 2.28. The zero-order valence-corrected chi connectivity index (χ0v) is 8.31. The SMILES string of the molecule is COc1cc(Br)c(C(F)F)cc1O. The van der Waals surface area contributed by atoms with Crippen molar-refractivity contribution in [3.63, 3.8) is 0 Å². The molecular weight excluding hydrogens is 246 g/mol. The molecule has 0 aliphatic heterocycles. The van der Waals surface area contributed by atoms with Gasteiger partial charge < -0.3 is 9.84 Å². The van der Waals surface area contributed by atoms with E-state index in [-0.39, 0.29) is 21.5 Å². The molecule has 0 amide bonds. The molecule has 1 aromatic rings. The van der Waals surface area contributed by atoms with Crippen molar-refractivity contribution in [2.75, 3.05) is 7.11 Å². The molecule has 0 aliphatic rings. The molecule has 0 atom stereocenters. The summed E-state index contributed by atoms with van der Waals surface area (Å²) in [5.41, 5.74) is -0.252. The average molecular weight is 253 g/mol. The molecule has 0 fully saturated rings. The molecule has 1 aromatic carbocycles. The average Bonchev–Trinajstić information content (AvgIpc) is 2.07. The number of phenolic OH excluding ortho intramolecular Hbond substituents is 1. The standard InChI is InChI=1S/C8H7BrF2O2/c1-13-7-3-5(9)4(8(10)11)2-6(7)12/h2-3,8,12H,1H3. The van der Waals surface area contributed by atoms with Crippen molar-refractivity contribution >= 4 is 15.9 Å². The van der Waals surface area contributed by atoms with Gasteiger partial charge in [-0.1, -0.05) is 15.9 Å². The van der Waals surface area contributed by atoms with Crippen LogP contribution >= 0.6 is 15.9 Å². The van der Waals surface area contributed by atoms with E-state index in [1.165, 1.54) is 13.2 Å². The van der Waals surface area contributed by atoms with Gasteiger partial charge in [0.05, 0.1) is 7.11 Å². The highest BCUT2D eigenvalue weighted by Gasteiger charge is 2.15. The Morgan fingerprint density at radius 2 is 2.08 bits per heavy atom. The Labute approximate surface area is 82.3 Å². The van der Waals surface area contributed by atoms with Gasteiger partial charge in [0.1, 0.15) is 0 Å². The molecule has 0 aliphatic carbocycles. The second-order valence-electron chi connectivity index (χ2n) is 2.35. The summed E-state index contributed by atoms with van der Waals surface area (Å²) in [4.78, 5) is 0. The zero-order chi connectivity index (χ0) is 10.0. The van der Waals surface area contributed by atoms with Crippen LogP contribution in [-0.4, -0.2) is 12.2 Å². The van der Waals surface area contributed by atoms with E-state index < -0.39 is 6.43 Å². The first-order chi connectivity index (χ1) is 6.06. The first-order valence-electron chi connectivity index (χ1n) is 3.40. The van der Waals surface area contributed by atoms with Gasteiger partial charge in [0, 0.05) is 10.0 Å². The van der Waals surface area contributed by atoms with Crippen LogP contribution in [0.2, 0.25) is 0 Å². The molecule has 1 N–H and O–H groups in total. The first-order valence-corrected chi connectivity index (χ1v) is 4.20. The Balaban J connectivity index is 3.20. The van der Waals surface area contributed by atoms with E-state index in [1.807, 2.05) is 0 Å². The number of phenols is 1. The van der Waals surface area contributed by atoms with Gasteiger partial charge >= 0.3 is 0 Å². The van der Waals surface area contributed by atoms with Gasteiger partial charge in [0.15, 0.2) is 11.5 Å². The van der Waals surface area contributed by atoms with Crippen LogP contribution in [0, 0.1) is 0 Å². The third kappa shape index (κ3) is 2.09. The Morgan fingerprint density at radius 3 is 2.54 bits per heavy atom. The van der Waals surface area contributed by atoms with E-state index in [2.05, 4.69) is 15.9 Å². The van der Waals surface area contributed by atoms with E-state index in [4.69, 9.17) is 4.74 Å². The van der Waals surface area contributed by atoms with Gasteiger partial charge in [-0.2, -0.15) is 0 Å². The summed E-state index contributed by atoms with van der Waals surface area (Å²) < 4.78 is 29.5. The minimum absolute atomic E-state index is 0.163. The first kappa shape index (κ1) is 10.2. The van der Waals surface area contributed by atoms with Crippen molar-refractivity contribution in [1.29, 1.82) is 0 Å². The highest BCUT2D eigenvalue weighted by molar-refractivity contribution is 9.10. The van der Waals surface area contributed by atoms with Crippen molar-refractivity contribution in [3.8, 4) is 11.5 Å². The van der Waals surface area contributed by atoms with Crippen LogP contribution in [0.4, 0.5) is 8.78 Å². The Kier molecular flexibility index (Phi) is 3.08. The van der Waals surface area contributed by atoms with Gasteiger partial charge in [-0.15, -0.1) is 0 Å².